The normalized spacial score (nSPS) is 10.6. The minimum absolute atomic E-state index is 0.0718. The fourth-order valence-electron chi connectivity index (χ4n) is 2.43. The Balaban J connectivity index is 1.76. The molecule has 3 rings (SSSR count). The van der Waals surface area contributed by atoms with Crippen LogP contribution in [0.5, 0.6) is 0 Å². The van der Waals surface area contributed by atoms with Crippen LogP contribution in [-0.4, -0.2) is 35.8 Å². The molecule has 122 valence electrons. The molecule has 0 fully saturated rings. The molecule has 1 heterocycles. The average Bonchev–Trinajstić information content (AvgIpc) is 3.08. The zero-order valence-corrected chi connectivity index (χ0v) is 14.3. The van der Waals surface area contributed by atoms with Gasteiger partial charge in [0.05, 0.1) is 6.54 Å². The van der Waals surface area contributed by atoms with E-state index in [-0.39, 0.29) is 11.8 Å². The lowest BCUT2D eigenvalue weighted by Gasteiger charge is -2.16. The third-order valence-electron chi connectivity index (χ3n) is 3.73. The van der Waals surface area contributed by atoms with E-state index in [1.54, 1.807) is 24.4 Å². The Bertz CT molecular complexity index is 904. The number of hydrogen-bond donors (Lipinski definition) is 1. The first-order valence-electron chi connectivity index (χ1n) is 7.49. The quantitative estimate of drug-likeness (QED) is 0.795. The van der Waals surface area contributed by atoms with E-state index in [1.165, 1.54) is 11.3 Å². The van der Waals surface area contributed by atoms with Crippen LogP contribution in [0, 0.1) is 0 Å². The van der Waals surface area contributed by atoms with E-state index in [0.29, 0.717) is 17.8 Å². The van der Waals surface area contributed by atoms with Crippen LogP contribution >= 0.6 is 11.3 Å². The van der Waals surface area contributed by atoms with E-state index < -0.39 is 0 Å². The molecule has 0 spiro atoms. The highest BCUT2D eigenvalue weighted by Crippen LogP contribution is 2.18. The van der Waals surface area contributed by atoms with Gasteiger partial charge in [0, 0.05) is 25.0 Å². The molecule has 1 N–H and O–H groups in total. The highest BCUT2D eigenvalue weighted by molar-refractivity contribution is 7.09. The summed E-state index contributed by atoms with van der Waals surface area (Å²) in [5.74, 6) is -0.293. The summed E-state index contributed by atoms with van der Waals surface area (Å²) in [6.45, 7) is 0.368. The zero-order chi connectivity index (χ0) is 17.1. The number of nitrogens with one attached hydrogen (secondary N) is 1. The summed E-state index contributed by atoms with van der Waals surface area (Å²) in [6.07, 6.45) is 0. The van der Waals surface area contributed by atoms with Crippen LogP contribution in [0.15, 0.2) is 47.8 Å². The number of rotatable bonds is 4. The maximum absolute atomic E-state index is 12.6. The first-order chi connectivity index (χ1) is 11.6. The second-order valence-corrected chi connectivity index (χ2v) is 6.37. The topological polar surface area (TPSA) is 62.3 Å². The number of nitrogens with zero attached hydrogens (tertiary/aromatic N) is 2. The van der Waals surface area contributed by atoms with E-state index >= 15 is 0 Å². The van der Waals surface area contributed by atoms with Crippen molar-refractivity contribution >= 4 is 33.9 Å². The maximum atomic E-state index is 12.6. The highest BCUT2D eigenvalue weighted by atomic mass is 32.1. The number of benzene rings is 2. The third-order valence-corrected chi connectivity index (χ3v) is 4.56. The molecule has 2 amide bonds. The molecule has 0 aliphatic rings. The summed E-state index contributed by atoms with van der Waals surface area (Å²) in [5.41, 5.74) is 1.02. The Morgan fingerprint density at radius 3 is 2.67 bits per heavy atom. The Hall–Kier alpha value is -2.73. The molecular weight excluding hydrogens is 322 g/mol. The lowest BCUT2D eigenvalue weighted by molar-refractivity contribution is 0.0785. The van der Waals surface area contributed by atoms with Gasteiger partial charge in [-0.15, -0.1) is 11.3 Å². The van der Waals surface area contributed by atoms with Gasteiger partial charge in [-0.2, -0.15) is 0 Å². The smallest absolute Gasteiger partial charge is 0.270 e. The molecule has 1 aromatic heterocycles. The predicted octanol–water partition coefficient (Wildman–Crippen LogP) is 2.93. The van der Waals surface area contributed by atoms with E-state index in [4.69, 9.17) is 0 Å². The maximum Gasteiger partial charge on any atom is 0.270 e. The lowest BCUT2D eigenvalue weighted by atomic mass is 10.1. The molecule has 0 bridgehead atoms. The largest absolute Gasteiger partial charge is 0.354 e. The van der Waals surface area contributed by atoms with Crippen molar-refractivity contribution in [3.63, 3.8) is 0 Å². The van der Waals surface area contributed by atoms with Gasteiger partial charge in [-0.25, -0.2) is 4.98 Å². The lowest BCUT2D eigenvalue weighted by Crippen LogP contribution is -2.26. The molecule has 0 aliphatic carbocycles. The summed E-state index contributed by atoms with van der Waals surface area (Å²) in [7, 11) is 3.30. The Labute approximate surface area is 143 Å². The van der Waals surface area contributed by atoms with Gasteiger partial charge in [-0.3, -0.25) is 9.59 Å². The molecule has 0 saturated carbocycles. The SMILES string of the molecule is CNC(=O)c1csc(CN(C)C(=O)c2ccc3ccccc3c2)n1. The Morgan fingerprint density at radius 2 is 1.92 bits per heavy atom. The molecule has 5 nitrogen and oxygen atoms in total. The van der Waals surface area contributed by atoms with E-state index in [2.05, 4.69) is 10.3 Å². The molecule has 0 atom stereocenters. The van der Waals surface area contributed by atoms with Crippen LogP contribution in [0.3, 0.4) is 0 Å². The monoisotopic (exact) mass is 339 g/mol. The van der Waals surface area contributed by atoms with Crippen molar-refractivity contribution in [3.8, 4) is 0 Å². The number of thiazole rings is 1. The van der Waals surface area contributed by atoms with Gasteiger partial charge < -0.3 is 10.2 Å². The fraction of sp³-hybridized carbons (Fsp3) is 0.167. The van der Waals surface area contributed by atoms with Crippen molar-refractivity contribution in [1.82, 2.24) is 15.2 Å². The predicted molar refractivity (Wildman–Crippen MR) is 95.2 cm³/mol. The summed E-state index contributed by atoms with van der Waals surface area (Å²) in [5, 5.41) is 7.10. The minimum atomic E-state index is -0.221. The Kier molecular flexibility index (Phi) is 4.57. The number of carbonyl (C=O) groups is 2. The van der Waals surface area contributed by atoms with Crippen LogP contribution in [0.25, 0.3) is 10.8 Å². The molecule has 0 saturated heterocycles. The second-order valence-electron chi connectivity index (χ2n) is 5.43. The average molecular weight is 339 g/mol. The molecule has 6 heteroatoms. The van der Waals surface area contributed by atoms with Gasteiger partial charge >= 0.3 is 0 Å². The number of carbonyl (C=O) groups excluding carboxylic acids is 2. The second kappa shape index (κ2) is 6.80. The molecule has 3 aromatic rings. The van der Waals surface area contributed by atoms with Gasteiger partial charge in [0.1, 0.15) is 10.7 Å². The first-order valence-corrected chi connectivity index (χ1v) is 8.37. The summed E-state index contributed by atoms with van der Waals surface area (Å²) in [6, 6.07) is 13.6. The van der Waals surface area contributed by atoms with E-state index in [9.17, 15) is 9.59 Å². The van der Waals surface area contributed by atoms with Gasteiger partial charge in [0.2, 0.25) is 0 Å². The van der Waals surface area contributed by atoms with Crippen LogP contribution in [0.4, 0.5) is 0 Å². The van der Waals surface area contributed by atoms with Gasteiger partial charge in [-0.05, 0) is 22.9 Å². The molecule has 0 radical (unpaired) electrons. The molecule has 0 unspecified atom stereocenters. The van der Waals surface area contributed by atoms with Crippen LogP contribution in [-0.2, 0) is 6.54 Å². The van der Waals surface area contributed by atoms with E-state index in [0.717, 1.165) is 15.8 Å². The molecule has 0 aliphatic heterocycles. The fourth-order valence-corrected chi connectivity index (χ4v) is 3.26. The third kappa shape index (κ3) is 3.28. The van der Waals surface area contributed by atoms with Crippen LogP contribution in [0.2, 0.25) is 0 Å². The number of aromatic nitrogens is 1. The van der Waals surface area contributed by atoms with Crippen molar-refractivity contribution < 1.29 is 9.59 Å². The molecule has 24 heavy (non-hydrogen) atoms. The van der Waals surface area contributed by atoms with Gasteiger partial charge in [-0.1, -0.05) is 30.3 Å². The number of hydrogen-bond acceptors (Lipinski definition) is 4. The summed E-state index contributed by atoms with van der Waals surface area (Å²) < 4.78 is 0. The zero-order valence-electron chi connectivity index (χ0n) is 13.4. The van der Waals surface area contributed by atoms with Gasteiger partial charge in [0.25, 0.3) is 11.8 Å². The van der Waals surface area contributed by atoms with Crippen molar-refractivity contribution in [2.45, 2.75) is 6.54 Å². The number of fused-ring (bicyclic) bond motifs is 1. The standard InChI is InChI=1S/C18H17N3O2S/c1-19-17(22)15-11-24-16(20-15)10-21(2)18(23)14-8-7-12-5-3-4-6-13(12)9-14/h3-9,11H,10H2,1-2H3,(H,19,22). The van der Waals surface area contributed by atoms with Crippen LogP contribution in [0.1, 0.15) is 25.9 Å². The van der Waals surface area contributed by atoms with Crippen molar-refractivity contribution in [1.29, 1.82) is 0 Å². The van der Waals surface area contributed by atoms with E-state index in [1.807, 2.05) is 42.5 Å². The highest BCUT2D eigenvalue weighted by Gasteiger charge is 2.15. The van der Waals surface area contributed by atoms with Crippen molar-refractivity contribution in [2.24, 2.45) is 0 Å². The minimum Gasteiger partial charge on any atom is -0.354 e. The first kappa shape index (κ1) is 16.1. The Morgan fingerprint density at radius 1 is 1.17 bits per heavy atom. The summed E-state index contributed by atoms with van der Waals surface area (Å²) >= 11 is 1.37. The molecule has 2 aromatic carbocycles. The van der Waals surface area contributed by atoms with Crippen molar-refractivity contribution in [3.05, 3.63) is 64.1 Å². The molecular formula is C18H17N3O2S. The number of amides is 2. The van der Waals surface area contributed by atoms with Crippen LogP contribution < -0.4 is 5.32 Å². The summed E-state index contributed by atoms with van der Waals surface area (Å²) in [4.78, 5) is 30.0. The van der Waals surface area contributed by atoms with Gasteiger partial charge in [0.15, 0.2) is 0 Å². The van der Waals surface area contributed by atoms with Crippen molar-refractivity contribution in [2.75, 3.05) is 14.1 Å².